The number of primary amides is 1. The molecule has 1 aromatic carbocycles. The first kappa shape index (κ1) is 12.8. The number of carbonyl (C=O) groups is 1. The lowest BCUT2D eigenvalue weighted by molar-refractivity contribution is 0.259. The topological polar surface area (TPSA) is 106 Å². The molecule has 0 saturated carbocycles. The summed E-state index contributed by atoms with van der Waals surface area (Å²) in [5.74, 6) is 0.910. The minimum Gasteiger partial charge on any atom is -0.351 e. The fourth-order valence-corrected chi connectivity index (χ4v) is 1.96. The maximum Gasteiger partial charge on any atom is 0.317 e. The van der Waals surface area contributed by atoms with E-state index in [9.17, 15) is 4.79 Å². The quantitative estimate of drug-likeness (QED) is 0.682. The van der Waals surface area contributed by atoms with Crippen LogP contribution in [0, 0.1) is 0 Å². The summed E-state index contributed by atoms with van der Waals surface area (Å²) in [4.78, 5) is 23.3. The monoisotopic (exact) mass is 280 g/mol. The number of anilines is 3. The Morgan fingerprint density at radius 1 is 1.10 bits per heavy atom. The number of nitrogens with zero attached hydrogens (tertiary/aromatic N) is 3. The van der Waals surface area contributed by atoms with Gasteiger partial charge in [-0.25, -0.2) is 19.7 Å². The minimum absolute atomic E-state index is 0.406. The number of urea groups is 1. The first-order valence-corrected chi connectivity index (χ1v) is 6.21. The number of nitrogens with one attached hydrogen (secondary N) is 2. The number of hydrogen-bond donors (Lipinski definition) is 3. The third kappa shape index (κ3) is 2.86. The van der Waals surface area contributed by atoms with Gasteiger partial charge in [0.15, 0.2) is 0 Å². The molecular formula is C14H12N6O. The molecule has 3 aromatic rings. The summed E-state index contributed by atoms with van der Waals surface area (Å²) < 4.78 is 0. The van der Waals surface area contributed by atoms with Gasteiger partial charge in [0.05, 0.1) is 5.69 Å². The average molecular weight is 280 g/mol. The molecule has 7 heteroatoms. The molecule has 0 unspecified atom stereocenters. The predicted octanol–water partition coefficient (Wildman–Crippen LogP) is 2.26. The summed E-state index contributed by atoms with van der Waals surface area (Å²) in [5.41, 5.74) is 5.91. The number of benzene rings is 1. The van der Waals surface area contributed by atoms with Gasteiger partial charge in [0.25, 0.3) is 0 Å². The molecule has 0 atom stereocenters. The fourth-order valence-electron chi connectivity index (χ4n) is 1.96. The first-order valence-electron chi connectivity index (χ1n) is 6.21. The van der Waals surface area contributed by atoms with Crippen molar-refractivity contribution in [3.63, 3.8) is 0 Å². The molecule has 0 aliphatic heterocycles. The Hall–Kier alpha value is -3.22. The third-order valence-corrected chi connectivity index (χ3v) is 2.83. The van der Waals surface area contributed by atoms with Gasteiger partial charge in [-0.3, -0.25) is 5.32 Å². The van der Waals surface area contributed by atoms with E-state index in [0.29, 0.717) is 11.8 Å². The molecule has 2 heterocycles. The highest BCUT2D eigenvalue weighted by atomic mass is 16.2. The van der Waals surface area contributed by atoms with Crippen LogP contribution >= 0.6 is 0 Å². The fraction of sp³-hybridized carbons (Fsp3) is 0. The zero-order chi connectivity index (χ0) is 14.7. The van der Waals surface area contributed by atoms with Gasteiger partial charge in [-0.15, -0.1) is 0 Å². The number of fused-ring (bicyclic) bond motifs is 1. The van der Waals surface area contributed by atoms with E-state index in [2.05, 4.69) is 25.6 Å². The van der Waals surface area contributed by atoms with Crippen LogP contribution in [0.1, 0.15) is 0 Å². The molecule has 0 saturated heterocycles. The Morgan fingerprint density at radius 2 is 1.90 bits per heavy atom. The Balaban J connectivity index is 1.98. The van der Waals surface area contributed by atoms with Gasteiger partial charge in [0.1, 0.15) is 5.82 Å². The number of pyridine rings is 1. The van der Waals surface area contributed by atoms with Crippen LogP contribution in [0.15, 0.2) is 48.9 Å². The van der Waals surface area contributed by atoms with Crippen LogP contribution in [0.3, 0.4) is 0 Å². The van der Waals surface area contributed by atoms with Gasteiger partial charge in [0.2, 0.25) is 5.95 Å². The zero-order valence-electron chi connectivity index (χ0n) is 10.9. The van der Waals surface area contributed by atoms with Crippen molar-refractivity contribution in [3.05, 3.63) is 48.9 Å². The van der Waals surface area contributed by atoms with Crippen molar-refractivity contribution < 1.29 is 4.79 Å². The molecule has 2 amide bonds. The SMILES string of the molecule is NC(=O)Nc1cc2cccc(Nc3ncccn3)c2cn1. The number of carbonyl (C=O) groups excluding carboxylic acids is 1. The lowest BCUT2D eigenvalue weighted by Gasteiger charge is -2.09. The number of aromatic nitrogens is 3. The second kappa shape index (κ2) is 5.41. The lowest BCUT2D eigenvalue weighted by Crippen LogP contribution is -2.19. The van der Waals surface area contributed by atoms with Crippen molar-refractivity contribution in [2.75, 3.05) is 10.6 Å². The smallest absolute Gasteiger partial charge is 0.317 e. The molecule has 0 spiro atoms. The van der Waals surface area contributed by atoms with Gasteiger partial charge >= 0.3 is 6.03 Å². The van der Waals surface area contributed by atoms with Crippen molar-refractivity contribution >= 4 is 34.3 Å². The van der Waals surface area contributed by atoms with Crippen molar-refractivity contribution in [2.45, 2.75) is 0 Å². The van der Waals surface area contributed by atoms with Crippen LogP contribution in [-0.4, -0.2) is 21.0 Å². The van der Waals surface area contributed by atoms with E-state index in [1.165, 1.54) is 0 Å². The Kier molecular flexibility index (Phi) is 3.30. The molecule has 0 fully saturated rings. The van der Waals surface area contributed by atoms with E-state index in [0.717, 1.165) is 16.5 Å². The molecular weight excluding hydrogens is 268 g/mol. The molecule has 4 N–H and O–H groups in total. The summed E-state index contributed by atoms with van der Waals surface area (Å²) in [6.07, 6.45) is 4.98. The van der Waals surface area contributed by atoms with E-state index in [4.69, 9.17) is 5.73 Å². The van der Waals surface area contributed by atoms with Gasteiger partial charge in [0, 0.05) is 24.0 Å². The van der Waals surface area contributed by atoms with Crippen molar-refractivity contribution in [1.82, 2.24) is 15.0 Å². The van der Waals surface area contributed by atoms with Crippen LogP contribution in [-0.2, 0) is 0 Å². The number of hydrogen-bond acceptors (Lipinski definition) is 5. The molecule has 0 radical (unpaired) electrons. The molecule has 21 heavy (non-hydrogen) atoms. The van der Waals surface area contributed by atoms with Gasteiger partial charge < -0.3 is 11.1 Å². The van der Waals surface area contributed by atoms with Crippen molar-refractivity contribution in [2.24, 2.45) is 5.73 Å². The van der Waals surface area contributed by atoms with Gasteiger partial charge in [-0.1, -0.05) is 12.1 Å². The maximum absolute atomic E-state index is 10.9. The highest BCUT2D eigenvalue weighted by Crippen LogP contribution is 2.26. The van der Waals surface area contributed by atoms with E-state index >= 15 is 0 Å². The zero-order valence-corrected chi connectivity index (χ0v) is 10.9. The lowest BCUT2D eigenvalue weighted by atomic mass is 10.1. The molecule has 7 nitrogen and oxygen atoms in total. The predicted molar refractivity (Wildman–Crippen MR) is 80.3 cm³/mol. The minimum atomic E-state index is -0.645. The van der Waals surface area contributed by atoms with Crippen LogP contribution in [0.2, 0.25) is 0 Å². The van der Waals surface area contributed by atoms with Crippen molar-refractivity contribution in [3.8, 4) is 0 Å². The highest BCUT2D eigenvalue weighted by molar-refractivity contribution is 5.97. The number of rotatable bonds is 3. The number of nitrogens with two attached hydrogens (primary N) is 1. The molecule has 0 aliphatic rings. The van der Waals surface area contributed by atoms with Gasteiger partial charge in [-0.2, -0.15) is 0 Å². The second-order valence-electron chi connectivity index (χ2n) is 4.28. The van der Waals surface area contributed by atoms with Gasteiger partial charge in [-0.05, 0) is 23.6 Å². The van der Waals surface area contributed by atoms with E-state index in [-0.39, 0.29) is 0 Å². The summed E-state index contributed by atoms with van der Waals surface area (Å²) >= 11 is 0. The molecule has 104 valence electrons. The maximum atomic E-state index is 10.9. The van der Waals surface area contributed by atoms with Crippen LogP contribution in [0.4, 0.5) is 22.2 Å². The second-order valence-corrected chi connectivity index (χ2v) is 4.28. The Labute approximate surface area is 120 Å². The molecule has 0 aliphatic carbocycles. The summed E-state index contributed by atoms with van der Waals surface area (Å²) in [7, 11) is 0. The average Bonchev–Trinajstić information content (AvgIpc) is 2.48. The van der Waals surface area contributed by atoms with Crippen molar-refractivity contribution in [1.29, 1.82) is 0 Å². The molecule has 2 aromatic heterocycles. The Bertz CT molecular complexity index is 790. The summed E-state index contributed by atoms with van der Waals surface area (Å²) in [6.45, 7) is 0. The van der Waals surface area contributed by atoms with Crippen LogP contribution in [0.25, 0.3) is 10.8 Å². The summed E-state index contributed by atoms with van der Waals surface area (Å²) in [5, 5.41) is 7.38. The van der Waals surface area contributed by atoms with Crippen LogP contribution in [0.5, 0.6) is 0 Å². The largest absolute Gasteiger partial charge is 0.351 e. The van der Waals surface area contributed by atoms with Crippen LogP contribution < -0.4 is 16.4 Å². The number of amides is 2. The van der Waals surface area contributed by atoms with E-state index < -0.39 is 6.03 Å². The molecule has 3 rings (SSSR count). The normalized spacial score (nSPS) is 10.3. The Morgan fingerprint density at radius 3 is 2.67 bits per heavy atom. The third-order valence-electron chi connectivity index (χ3n) is 2.83. The summed E-state index contributed by atoms with van der Waals surface area (Å²) in [6, 6.07) is 8.56. The first-order chi connectivity index (χ1) is 10.2. The highest BCUT2D eigenvalue weighted by Gasteiger charge is 2.05. The van der Waals surface area contributed by atoms with E-state index in [1.807, 2.05) is 18.2 Å². The van der Waals surface area contributed by atoms with E-state index in [1.54, 1.807) is 30.7 Å². The standard InChI is InChI=1S/C14H12N6O/c15-13(21)20-12-7-9-3-1-4-11(10(9)8-18-12)19-14-16-5-2-6-17-14/h1-8H,(H,16,17,19)(H3,15,18,20,21). The molecule has 0 bridgehead atoms.